The van der Waals surface area contributed by atoms with E-state index in [2.05, 4.69) is 10.3 Å². The fraction of sp³-hybridized carbons (Fsp3) is 0.200. The molecule has 3 aromatic rings. The van der Waals surface area contributed by atoms with Gasteiger partial charge in [-0.25, -0.2) is 9.37 Å². The Morgan fingerprint density at radius 1 is 1.15 bits per heavy atom. The minimum atomic E-state index is -0.444. The Bertz CT molecular complexity index is 892. The predicted molar refractivity (Wildman–Crippen MR) is 98.1 cm³/mol. The highest BCUT2D eigenvalue weighted by Crippen LogP contribution is 2.23. The van der Waals surface area contributed by atoms with Gasteiger partial charge in [0.25, 0.3) is 5.91 Å². The molecule has 1 atom stereocenters. The lowest BCUT2D eigenvalue weighted by molar-refractivity contribution is -0.123. The van der Waals surface area contributed by atoms with Gasteiger partial charge in [-0.1, -0.05) is 12.1 Å². The smallest absolute Gasteiger partial charge is 0.258 e. The van der Waals surface area contributed by atoms with E-state index in [-0.39, 0.29) is 18.3 Å². The van der Waals surface area contributed by atoms with E-state index in [1.807, 2.05) is 42.1 Å². The van der Waals surface area contributed by atoms with Gasteiger partial charge in [0, 0.05) is 19.4 Å². The number of aromatic nitrogens is 2. The maximum atomic E-state index is 12.9. The van der Waals surface area contributed by atoms with Crippen molar-refractivity contribution in [2.24, 2.45) is 7.05 Å². The Hall–Kier alpha value is -3.35. The van der Waals surface area contributed by atoms with Crippen molar-refractivity contribution in [2.75, 3.05) is 13.7 Å². The summed E-state index contributed by atoms with van der Waals surface area (Å²) >= 11 is 0. The second-order valence-electron chi connectivity index (χ2n) is 5.91. The third-order valence-electron chi connectivity index (χ3n) is 4.05. The molecule has 6 nitrogen and oxygen atoms in total. The van der Waals surface area contributed by atoms with Gasteiger partial charge >= 0.3 is 0 Å². The lowest BCUT2D eigenvalue weighted by Crippen LogP contribution is -2.34. The number of aryl methyl sites for hydroxylation is 1. The second-order valence-corrected chi connectivity index (χ2v) is 5.91. The molecule has 0 bridgehead atoms. The van der Waals surface area contributed by atoms with Crippen LogP contribution in [-0.4, -0.2) is 29.2 Å². The molecule has 0 aliphatic carbocycles. The van der Waals surface area contributed by atoms with Crippen LogP contribution in [0.1, 0.15) is 17.4 Å². The number of carbonyl (C=O) groups excluding carboxylic acids is 1. The summed E-state index contributed by atoms with van der Waals surface area (Å²) in [4.78, 5) is 16.8. The van der Waals surface area contributed by atoms with Gasteiger partial charge < -0.3 is 19.4 Å². The number of ether oxygens (including phenoxy) is 2. The highest BCUT2D eigenvalue weighted by atomic mass is 19.1. The molecule has 1 unspecified atom stereocenters. The Labute approximate surface area is 156 Å². The van der Waals surface area contributed by atoms with Crippen LogP contribution < -0.4 is 14.8 Å². The van der Waals surface area contributed by atoms with E-state index in [4.69, 9.17) is 9.47 Å². The first kappa shape index (κ1) is 18.4. The number of methoxy groups -OCH3 is 1. The van der Waals surface area contributed by atoms with Crippen molar-refractivity contribution in [3.63, 3.8) is 0 Å². The Kier molecular flexibility index (Phi) is 5.71. The zero-order valence-corrected chi connectivity index (χ0v) is 15.1. The van der Waals surface area contributed by atoms with E-state index in [1.54, 1.807) is 13.3 Å². The van der Waals surface area contributed by atoms with E-state index < -0.39 is 6.04 Å². The average molecular weight is 369 g/mol. The molecular formula is C20H20FN3O3. The van der Waals surface area contributed by atoms with E-state index in [0.717, 1.165) is 11.3 Å². The van der Waals surface area contributed by atoms with Crippen molar-refractivity contribution in [1.29, 1.82) is 0 Å². The fourth-order valence-corrected chi connectivity index (χ4v) is 2.63. The quantitative estimate of drug-likeness (QED) is 0.696. The average Bonchev–Trinajstić information content (AvgIpc) is 3.11. The van der Waals surface area contributed by atoms with Gasteiger partial charge in [-0.15, -0.1) is 0 Å². The summed E-state index contributed by atoms with van der Waals surface area (Å²) in [6.45, 7) is -0.192. The molecular weight excluding hydrogens is 349 g/mol. The van der Waals surface area contributed by atoms with E-state index in [0.29, 0.717) is 11.6 Å². The van der Waals surface area contributed by atoms with Crippen LogP contribution in [0.15, 0.2) is 60.9 Å². The maximum Gasteiger partial charge on any atom is 0.258 e. The molecule has 0 spiro atoms. The lowest BCUT2D eigenvalue weighted by Gasteiger charge is -2.19. The van der Waals surface area contributed by atoms with Gasteiger partial charge in [-0.05, 0) is 42.0 Å². The SMILES string of the molecule is COc1ccc(C(NC(=O)COc2ccc(F)cc2)c2nccn2C)cc1. The summed E-state index contributed by atoms with van der Waals surface area (Å²) in [5.41, 5.74) is 0.861. The Balaban J connectivity index is 1.73. The molecule has 1 N–H and O–H groups in total. The number of rotatable bonds is 7. The van der Waals surface area contributed by atoms with Crippen LogP contribution in [0.2, 0.25) is 0 Å². The Morgan fingerprint density at radius 3 is 2.41 bits per heavy atom. The molecule has 3 rings (SSSR count). The molecule has 0 aliphatic rings. The van der Waals surface area contributed by atoms with Crippen molar-refractivity contribution < 1.29 is 18.7 Å². The largest absolute Gasteiger partial charge is 0.497 e. The van der Waals surface area contributed by atoms with Gasteiger partial charge in [0.1, 0.15) is 29.2 Å². The summed E-state index contributed by atoms with van der Waals surface area (Å²) < 4.78 is 25.4. The summed E-state index contributed by atoms with van der Waals surface area (Å²) in [5, 5.41) is 2.93. The molecule has 0 saturated heterocycles. The molecule has 140 valence electrons. The van der Waals surface area contributed by atoms with Gasteiger partial charge in [0.05, 0.1) is 7.11 Å². The molecule has 0 aliphatic heterocycles. The topological polar surface area (TPSA) is 65.4 Å². The first-order chi connectivity index (χ1) is 13.1. The fourth-order valence-electron chi connectivity index (χ4n) is 2.63. The lowest BCUT2D eigenvalue weighted by atomic mass is 10.1. The number of imidazole rings is 1. The Morgan fingerprint density at radius 2 is 1.81 bits per heavy atom. The highest BCUT2D eigenvalue weighted by Gasteiger charge is 2.21. The number of hydrogen-bond acceptors (Lipinski definition) is 4. The molecule has 1 heterocycles. The van der Waals surface area contributed by atoms with Gasteiger partial charge in [-0.3, -0.25) is 4.79 Å². The molecule has 1 aromatic heterocycles. The van der Waals surface area contributed by atoms with Crippen molar-refractivity contribution >= 4 is 5.91 Å². The second kappa shape index (κ2) is 8.35. The monoisotopic (exact) mass is 369 g/mol. The van der Waals surface area contributed by atoms with E-state index >= 15 is 0 Å². The number of halogens is 1. The number of nitrogens with zero attached hydrogens (tertiary/aromatic N) is 2. The number of benzene rings is 2. The van der Waals surface area contributed by atoms with Gasteiger partial charge in [0.2, 0.25) is 0 Å². The standard InChI is InChI=1S/C20H20FN3O3/c1-24-12-11-22-20(24)19(14-3-7-16(26-2)8-4-14)23-18(25)13-27-17-9-5-15(21)6-10-17/h3-12,19H,13H2,1-2H3,(H,23,25). The normalized spacial score (nSPS) is 11.7. The van der Waals surface area contributed by atoms with Crippen LogP contribution >= 0.6 is 0 Å². The molecule has 0 fully saturated rings. The summed E-state index contributed by atoms with van der Waals surface area (Å²) in [5.74, 6) is 1.16. The van der Waals surface area contributed by atoms with Crippen molar-refractivity contribution in [1.82, 2.24) is 14.9 Å². The summed E-state index contributed by atoms with van der Waals surface area (Å²) in [7, 11) is 3.46. The zero-order valence-electron chi connectivity index (χ0n) is 15.1. The summed E-state index contributed by atoms with van der Waals surface area (Å²) in [6, 6.07) is 12.5. The maximum absolute atomic E-state index is 12.9. The molecule has 7 heteroatoms. The van der Waals surface area contributed by atoms with Crippen molar-refractivity contribution in [2.45, 2.75) is 6.04 Å². The van der Waals surface area contributed by atoms with Gasteiger partial charge in [0.15, 0.2) is 6.61 Å². The third-order valence-corrected chi connectivity index (χ3v) is 4.05. The van der Waals surface area contributed by atoms with Crippen molar-refractivity contribution in [3.8, 4) is 11.5 Å². The van der Waals surface area contributed by atoms with Gasteiger partial charge in [-0.2, -0.15) is 0 Å². The van der Waals surface area contributed by atoms with Crippen LogP contribution in [0, 0.1) is 5.82 Å². The van der Waals surface area contributed by atoms with Crippen LogP contribution in [-0.2, 0) is 11.8 Å². The minimum absolute atomic E-state index is 0.192. The first-order valence-corrected chi connectivity index (χ1v) is 8.35. The van der Waals surface area contributed by atoms with Crippen LogP contribution in [0.4, 0.5) is 4.39 Å². The minimum Gasteiger partial charge on any atom is -0.497 e. The predicted octanol–water partition coefficient (Wildman–Crippen LogP) is 2.85. The van der Waals surface area contributed by atoms with E-state index in [1.165, 1.54) is 24.3 Å². The van der Waals surface area contributed by atoms with Crippen LogP contribution in [0.3, 0.4) is 0 Å². The van der Waals surface area contributed by atoms with E-state index in [9.17, 15) is 9.18 Å². The number of nitrogens with one attached hydrogen (secondary N) is 1. The first-order valence-electron chi connectivity index (χ1n) is 8.35. The molecule has 1 amide bonds. The van der Waals surface area contributed by atoms with Crippen LogP contribution in [0.5, 0.6) is 11.5 Å². The van der Waals surface area contributed by atoms with Crippen molar-refractivity contribution in [3.05, 3.63) is 78.1 Å². The third kappa shape index (κ3) is 4.63. The molecule has 0 radical (unpaired) electrons. The number of hydrogen-bond donors (Lipinski definition) is 1. The summed E-state index contributed by atoms with van der Waals surface area (Å²) in [6.07, 6.45) is 3.49. The molecule has 27 heavy (non-hydrogen) atoms. The number of amides is 1. The molecule has 0 saturated carbocycles. The zero-order chi connectivity index (χ0) is 19.2. The highest BCUT2D eigenvalue weighted by molar-refractivity contribution is 5.78. The molecule has 2 aromatic carbocycles. The number of carbonyl (C=O) groups is 1. The van der Waals surface area contributed by atoms with Crippen LogP contribution in [0.25, 0.3) is 0 Å².